The second kappa shape index (κ2) is 6.29. The van der Waals surface area contributed by atoms with Gasteiger partial charge >= 0.3 is 0 Å². The van der Waals surface area contributed by atoms with E-state index in [1.165, 1.54) is 12.1 Å². The molecule has 1 fully saturated rings. The van der Waals surface area contributed by atoms with Gasteiger partial charge in [0.05, 0.1) is 28.3 Å². The Morgan fingerprint density at radius 1 is 1.04 bits per heavy atom. The number of hydrogen-bond donors (Lipinski definition) is 2. The fourth-order valence-corrected chi connectivity index (χ4v) is 3.59. The Morgan fingerprint density at radius 2 is 1.72 bits per heavy atom. The van der Waals surface area contributed by atoms with Crippen LogP contribution in [0.2, 0.25) is 0 Å². The molecule has 0 spiro atoms. The Morgan fingerprint density at radius 3 is 2.32 bits per heavy atom. The maximum absolute atomic E-state index is 14.2. The summed E-state index contributed by atoms with van der Waals surface area (Å²) in [6, 6.07) is 6.97. The number of nitrogens with one attached hydrogen (secondary N) is 2. The van der Waals surface area contributed by atoms with Crippen molar-refractivity contribution in [2.75, 3.05) is 10.0 Å². The number of benzene rings is 2. The lowest BCUT2D eigenvalue weighted by Crippen LogP contribution is -2.18. The van der Waals surface area contributed by atoms with Crippen LogP contribution in [0.15, 0.2) is 30.3 Å². The van der Waals surface area contributed by atoms with E-state index >= 15 is 0 Å². The Hall–Kier alpha value is -2.73. The van der Waals surface area contributed by atoms with Gasteiger partial charge in [-0.2, -0.15) is 5.26 Å². The van der Waals surface area contributed by atoms with E-state index in [1.807, 2.05) is 0 Å². The molecule has 0 bridgehead atoms. The lowest BCUT2D eigenvalue weighted by atomic mass is 10.2. The molecule has 0 aliphatic heterocycles. The molecule has 2 N–H and O–H groups in total. The number of sulfonamides is 1. The molecule has 2 aromatic carbocycles. The zero-order valence-corrected chi connectivity index (χ0v) is 13.5. The normalized spacial score (nSPS) is 14.0. The van der Waals surface area contributed by atoms with Gasteiger partial charge in [-0.25, -0.2) is 21.6 Å². The molecule has 2 aromatic rings. The number of hydrogen-bond acceptors (Lipinski definition) is 4. The van der Waals surface area contributed by atoms with Crippen molar-refractivity contribution in [2.45, 2.75) is 18.1 Å². The van der Waals surface area contributed by atoms with Crippen LogP contribution in [0.3, 0.4) is 0 Å². The highest BCUT2D eigenvalue weighted by atomic mass is 32.2. The first-order chi connectivity index (χ1) is 11.8. The largest absolute Gasteiger partial charge is 0.349 e. The molecule has 25 heavy (non-hydrogen) atoms. The molecule has 1 aliphatic carbocycles. The summed E-state index contributed by atoms with van der Waals surface area (Å²) in [5, 5.41) is 10.5. The Balaban J connectivity index is 2.00. The third-order valence-corrected chi connectivity index (χ3v) is 5.52. The molecule has 0 atom stereocenters. The highest BCUT2D eigenvalue weighted by Gasteiger charge is 2.36. The quantitative estimate of drug-likeness (QED) is 0.846. The molecule has 5 nitrogen and oxygen atoms in total. The SMILES string of the molecule is N#Cc1ccc(Nc2c(NS(=O)(=O)C3CC3)ccc(F)c2F)c(F)c1. The standard InChI is InChI=1S/C16H12F3N3O2S/c17-11-4-6-14(22-25(23,24)10-2-3-10)16(15(11)19)21-13-5-1-9(8-20)7-12(13)18/h1,4-7,10,21-22H,2-3H2. The monoisotopic (exact) mass is 367 g/mol. The average molecular weight is 367 g/mol. The molecule has 0 aromatic heterocycles. The lowest BCUT2D eigenvalue weighted by molar-refractivity contribution is 0.512. The van der Waals surface area contributed by atoms with E-state index in [-0.39, 0.29) is 16.9 Å². The molecule has 0 saturated heterocycles. The van der Waals surface area contributed by atoms with E-state index in [0.717, 1.165) is 18.2 Å². The number of rotatable bonds is 5. The summed E-state index contributed by atoms with van der Waals surface area (Å²) in [4.78, 5) is 0. The van der Waals surface area contributed by atoms with Crippen molar-refractivity contribution in [2.24, 2.45) is 0 Å². The fourth-order valence-electron chi connectivity index (χ4n) is 2.19. The molecule has 3 rings (SSSR count). The van der Waals surface area contributed by atoms with Crippen LogP contribution in [0.1, 0.15) is 18.4 Å². The van der Waals surface area contributed by atoms with Crippen molar-refractivity contribution < 1.29 is 21.6 Å². The second-order valence-electron chi connectivity index (χ2n) is 5.56. The van der Waals surface area contributed by atoms with Crippen molar-refractivity contribution in [1.82, 2.24) is 0 Å². The number of nitrogens with zero attached hydrogens (tertiary/aromatic N) is 1. The van der Waals surface area contributed by atoms with Crippen molar-refractivity contribution in [1.29, 1.82) is 5.26 Å². The first-order valence-electron chi connectivity index (χ1n) is 7.28. The smallest absolute Gasteiger partial charge is 0.235 e. The lowest BCUT2D eigenvalue weighted by Gasteiger charge is -2.16. The summed E-state index contributed by atoms with van der Waals surface area (Å²) in [7, 11) is -3.72. The number of halogens is 3. The summed E-state index contributed by atoms with van der Waals surface area (Å²) >= 11 is 0. The Kier molecular flexibility index (Phi) is 4.30. The zero-order chi connectivity index (χ0) is 18.2. The van der Waals surface area contributed by atoms with Crippen molar-refractivity contribution in [3.63, 3.8) is 0 Å². The molecule has 0 heterocycles. The van der Waals surface area contributed by atoms with Crippen LogP contribution < -0.4 is 10.0 Å². The van der Waals surface area contributed by atoms with E-state index in [0.29, 0.717) is 12.8 Å². The first kappa shape index (κ1) is 17.1. The zero-order valence-electron chi connectivity index (χ0n) is 12.7. The first-order valence-corrected chi connectivity index (χ1v) is 8.83. The van der Waals surface area contributed by atoms with E-state index < -0.39 is 38.4 Å². The van der Waals surface area contributed by atoms with E-state index in [9.17, 15) is 21.6 Å². The van der Waals surface area contributed by atoms with Gasteiger partial charge in [-0.15, -0.1) is 0 Å². The molecule has 0 amide bonds. The van der Waals surface area contributed by atoms with E-state index in [2.05, 4.69) is 10.0 Å². The van der Waals surface area contributed by atoms with Crippen LogP contribution in [0.25, 0.3) is 0 Å². The minimum absolute atomic E-state index is 0.0532. The summed E-state index contributed by atoms with van der Waals surface area (Å²) < 4.78 is 68.0. The maximum Gasteiger partial charge on any atom is 0.235 e. The van der Waals surface area contributed by atoms with Crippen LogP contribution in [0, 0.1) is 28.8 Å². The van der Waals surface area contributed by atoms with Crippen molar-refractivity contribution in [3.05, 3.63) is 53.3 Å². The number of anilines is 3. The summed E-state index contributed by atoms with van der Waals surface area (Å²) in [6.45, 7) is 0. The second-order valence-corrected chi connectivity index (χ2v) is 7.52. The molecule has 1 saturated carbocycles. The predicted molar refractivity (Wildman–Crippen MR) is 86.3 cm³/mol. The fraction of sp³-hybridized carbons (Fsp3) is 0.188. The topological polar surface area (TPSA) is 82.0 Å². The van der Waals surface area contributed by atoms with Gasteiger partial charge in [0, 0.05) is 0 Å². The molecular weight excluding hydrogens is 355 g/mol. The Bertz CT molecular complexity index is 983. The summed E-state index contributed by atoms with van der Waals surface area (Å²) in [5.74, 6) is -3.43. The summed E-state index contributed by atoms with van der Waals surface area (Å²) in [6.07, 6.45) is 0.984. The molecule has 0 unspecified atom stereocenters. The van der Waals surface area contributed by atoms with Gasteiger partial charge in [0.1, 0.15) is 11.5 Å². The highest BCUT2D eigenvalue weighted by Crippen LogP contribution is 2.35. The van der Waals surface area contributed by atoms with Gasteiger partial charge in [-0.3, -0.25) is 4.72 Å². The van der Waals surface area contributed by atoms with Crippen LogP contribution in [0.4, 0.5) is 30.2 Å². The van der Waals surface area contributed by atoms with Crippen molar-refractivity contribution >= 4 is 27.1 Å². The van der Waals surface area contributed by atoms with Gasteiger partial charge in [0.15, 0.2) is 11.6 Å². The molecule has 1 aliphatic rings. The minimum atomic E-state index is -3.72. The Labute approximate surface area is 142 Å². The third-order valence-electron chi connectivity index (χ3n) is 3.67. The van der Waals surface area contributed by atoms with Crippen LogP contribution in [0.5, 0.6) is 0 Å². The number of nitriles is 1. The van der Waals surface area contributed by atoms with Gasteiger partial charge < -0.3 is 5.32 Å². The van der Waals surface area contributed by atoms with E-state index in [4.69, 9.17) is 5.26 Å². The highest BCUT2D eigenvalue weighted by molar-refractivity contribution is 7.93. The van der Waals surface area contributed by atoms with Crippen molar-refractivity contribution in [3.8, 4) is 6.07 Å². The van der Waals surface area contributed by atoms with Crippen LogP contribution in [-0.2, 0) is 10.0 Å². The molecule has 0 radical (unpaired) electrons. The molecule has 9 heteroatoms. The van der Waals surface area contributed by atoms with Gasteiger partial charge in [-0.1, -0.05) is 0 Å². The minimum Gasteiger partial charge on any atom is -0.349 e. The van der Waals surface area contributed by atoms with Gasteiger partial charge in [-0.05, 0) is 43.2 Å². The molecular formula is C16H12F3N3O2S. The summed E-state index contributed by atoms with van der Waals surface area (Å²) in [5.41, 5.74) is -0.935. The van der Waals surface area contributed by atoms with Crippen LogP contribution >= 0.6 is 0 Å². The van der Waals surface area contributed by atoms with Crippen LogP contribution in [-0.4, -0.2) is 13.7 Å². The predicted octanol–water partition coefficient (Wildman–Crippen LogP) is 3.62. The van der Waals surface area contributed by atoms with Gasteiger partial charge in [0.2, 0.25) is 10.0 Å². The average Bonchev–Trinajstić information content (AvgIpc) is 3.41. The maximum atomic E-state index is 14.2. The molecule has 130 valence electrons. The van der Waals surface area contributed by atoms with Gasteiger partial charge in [0.25, 0.3) is 0 Å². The van der Waals surface area contributed by atoms with E-state index in [1.54, 1.807) is 6.07 Å². The third kappa shape index (κ3) is 3.53.